The Hall–Kier alpha value is -2.23. The van der Waals surface area contributed by atoms with Crippen molar-refractivity contribution in [1.82, 2.24) is 4.98 Å². The van der Waals surface area contributed by atoms with Gasteiger partial charge in [-0.1, -0.05) is 24.3 Å². The molecule has 0 fully saturated rings. The van der Waals surface area contributed by atoms with Gasteiger partial charge in [-0.05, 0) is 36.1 Å². The van der Waals surface area contributed by atoms with Gasteiger partial charge in [0.15, 0.2) is 0 Å². The lowest BCUT2D eigenvalue weighted by atomic mass is 10.0. The number of nitrogens with zero attached hydrogens (tertiary/aromatic N) is 2. The molecular formula is C15H18N4. The highest BCUT2D eigenvalue weighted by Gasteiger charge is 2.15. The third kappa shape index (κ3) is 2.34. The number of nitrogen functional groups attached to an aromatic ring is 2. The average molecular weight is 254 g/mol. The maximum absolute atomic E-state index is 5.80. The van der Waals surface area contributed by atoms with Crippen LogP contribution in [0.15, 0.2) is 36.4 Å². The van der Waals surface area contributed by atoms with Crippen LogP contribution in [-0.2, 0) is 13.0 Å². The van der Waals surface area contributed by atoms with Crippen molar-refractivity contribution in [1.29, 1.82) is 0 Å². The zero-order chi connectivity index (χ0) is 13.2. The Morgan fingerprint density at radius 1 is 1.00 bits per heavy atom. The number of aromatic nitrogens is 1. The van der Waals surface area contributed by atoms with E-state index in [9.17, 15) is 0 Å². The Morgan fingerprint density at radius 3 is 2.58 bits per heavy atom. The van der Waals surface area contributed by atoms with Gasteiger partial charge in [0, 0.05) is 13.1 Å². The van der Waals surface area contributed by atoms with E-state index in [0.29, 0.717) is 11.5 Å². The summed E-state index contributed by atoms with van der Waals surface area (Å²) in [7, 11) is 0. The Balaban J connectivity index is 1.92. The van der Waals surface area contributed by atoms with Gasteiger partial charge in [0.05, 0.1) is 5.69 Å². The summed E-state index contributed by atoms with van der Waals surface area (Å²) in [6.45, 7) is 1.87. The van der Waals surface area contributed by atoms with Gasteiger partial charge in [-0.15, -0.1) is 0 Å². The molecule has 1 aromatic carbocycles. The number of pyridine rings is 1. The quantitative estimate of drug-likeness (QED) is 0.818. The summed E-state index contributed by atoms with van der Waals surface area (Å²) in [5.41, 5.74) is 14.9. The standard InChI is InChI=1S/C15H18N4/c16-13-7-8-14(18-15(13)17)19-9-3-6-11-4-1-2-5-12(11)10-19/h1-2,4-5,7-8H,3,6,9-10,16H2,(H2,17,18). The van der Waals surface area contributed by atoms with Crippen LogP contribution in [0.4, 0.5) is 17.3 Å². The predicted molar refractivity (Wildman–Crippen MR) is 78.9 cm³/mol. The highest BCUT2D eigenvalue weighted by molar-refractivity contribution is 5.62. The molecule has 0 unspecified atom stereocenters. The van der Waals surface area contributed by atoms with Gasteiger partial charge in [0.2, 0.25) is 0 Å². The normalized spacial score (nSPS) is 14.8. The number of benzene rings is 1. The number of nitrogens with two attached hydrogens (primary N) is 2. The monoisotopic (exact) mass is 254 g/mol. The zero-order valence-corrected chi connectivity index (χ0v) is 10.8. The lowest BCUT2D eigenvalue weighted by Gasteiger charge is -2.22. The van der Waals surface area contributed by atoms with E-state index < -0.39 is 0 Å². The number of aryl methyl sites for hydroxylation is 1. The molecule has 4 N–H and O–H groups in total. The highest BCUT2D eigenvalue weighted by atomic mass is 15.2. The summed E-state index contributed by atoms with van der Waals surface area (Å²) in [6, 6.07) is 12.4. The molecule has 3 rings (SSSR count). The van der Waals surface area contributed by atoms with Gasteiger partial charge in [-0.3, -0.25) is 0 Å². The first-order valence-electron chi connectivity index (χ1n) is 6.58. The number of hydrogen-bond acceptors (Lipinski definition) is 4. The molecule has 0 bridgehead atoms. The maximum Gasteiger partial charge on any atom is 0.149 e. The molecule has 1 aliphatic heterocycles. The van der Waals surface area contributed by atoms with Gasteiger partial charge in [-0.25, -0.2) is 4.98 Å². The van der Waals surface area contributed by atoms with E-state index in [0.717, 1.165) is 31.7 Å². The Kier molecular flexibility index (Phi) is 2.99. The van der Waals surface area contributed by atoms with Crippen LogP contribution in [0.25, 0.3) is 0 Å². The van der Waals surface area contributed by atoms with Gasteiger partial charge < -0.3 is 16.4 Å². The lowest BCUT2D eigenvalue weighted by molar-refractivity contribution is 0.755. The lowest BCUT2D eigenvalue weighted by Crippen LogP contribution is -2.23. The van der Waals surface area contributed by atoms with Crippen molar-refractivity contribution in [2.24, 2.45) is 0 Å². The summed E-state index contributed by atoms with van der Waals surface area (Å²) in [6.07, 6.45) is 2.25. The SMILES string of the molecule is Nc1ccc(N2CCCc3ccccc3C2)nc1N. The summed E-state index contributed by atoms with van der Waals surface area (Å²) < 4.78 is 0. The van der Waals surface area contributed by atoms with Crippen molar-refractivity contribution in [3.05, 3.63) is 47.5 Å². The molecule has 19 heavy (non-hydrogen) atoms. The van der Waals surface area contributed by atoms with Gasteiger partial charge in [0.25, 0.3) is 0 Å². The van der Waals surface area contributed by atoms with Crippen molar-refractivity contribution in [3.8, 4) is 0 Å². The van der Waals surface area contributed by atoms with Crippen LogP contribution in [0.3, 0.4) is 0 Å². The number of anilines is 3. The summed E-state index contributed by atoms with van der Waals surface area (Å²) in [5.74, 6) is 1.32. The van der Waals surface area contributed by atoms with E-state index in [1.807, 2.05) is 12.1 Å². The largest absolute Gasteiger partial charge is 0.396 e. The molecule has 0 amide bonds. The van der Waals surface area contributed by atoms with Crippen LogP contribution in [0.1, 0.15) is 17.5 Å². The van der Waals surface area contributed by atoms with Crippen LogP contribution in [0.5, 0.6) is 0 Å². The first kappa shape index (κ1) is 11.8. The first-order chi connectivity index (χ1) is 9.24. The van der Waals surface area contributed by atoms with E-state index >= 15 is 0 Å². The van der Waals surface area contributed by atoms with Crippen LogP contribution < -0.4 is 16.4 Å². The zero-order valence-electron chi connectivity index (χ0n) is 10.8. The minimum atomic E-state index is 0.412. The number of fused-ring (bicyclic) bond motifs is 1. The molecule has 0 saturated carbocycles. The molecule has 1 aliphatic rings. The fourth-order valence-corrected chi connectivity index (χ4v) is 2.55. The number of hydrogen-bond donors (Lipinski definition) is 2. The van der Waals surface area contributed by atoms with Crippen LogP contribution in [0, 0.1) is 0 Å². The van der Waals surface area contributed by atoms with E-state index in [1.165, 1.54) is 11.1 Å². The molecule has 0 saturated heterocycles. The Morgan fingerprint density at radius 2 is 1.79 bits per heavy atom. The predicted octanol–water partition coefficient (Wildman–Crippen LogP) is 2.20. The topological polar surface area (TPSA) is 68.2 Å². The molecule has 1 aromatic heterocycles. The highest BCUT2D eigenvalue weighted by Crippen LogP contribution is 2.24. The summed E-state index contributed by atoms with van der Waals surface area (Å²) in [5, 5.41) is 0. The third-order valence-electron chi connectivity index (χ3n) is 3.62. The van der Waals surface area contributed by atoms with E-state index in [-0.39, 0.29) is 0 Å². The van der Waals surface area contributed by atoms with E-state index in [1.54, 1.807) is 0 Å². The minimum absolute atomic E-state index is 0.412. The van der Waals surface area contributed by atoms with E-state index in [4.69, 9.17) is 11.5 Å². The fourth-order valence-electron chi connectivity index (χ4n) is 2.55. The average Bonchev–Trinajstić information content (AvgIpc) is 2.64. The molecular weight excluding hydrogens is 236 g/mol. The number of rotatable bonds is 1. The van der Waals surface area contributed by atoms with Crippen LogP contribution >= 0.6 is 0 Å². The van der Waals surface area contributed by atoms with E-state index in [2.05, 4.69) is 34.1 Å². The first-order valence-corrected chi connectivity index (χ1v) is 6.58. The second-order valence-electron chi connectivity index (χ2n) is 4.94. The molecule has 98 valence electrons. The molecule has 0 aliphatic carbocycles. The Labute approximate surface area is 113 Å². The summed E-state index contributed by atoms with van der Waals surface area (Å²) in [4.78, 5) is 6.66. The van der Waals surface area contributed by atoms with Gasteiger partial charge in [0.1, 0.15) is 11.6 Å². The minimum Gasteiger partial charge on any atom is -0.396 e. The molecule has 0 radical (unpaired) electrons. The van der Waals surface area contributed by atoms with Crippen LogP contribution in [0.2, 0.25) is 0 Å². The second-order valence-corrected chi connectivity index (χ2v) is 4.94. The maximum atomic E-state index is 5.80. The van der Waals surface area contributed by atoms with Crippen molar-refractivity contribution in [3.63, 3.8) is 0 Å². The smallest absolute Gasteiger partial charge is 0.149 e. The molecule has 0 atom stereocenters. The molecule has 0 spiro atoms. The van der Waals surface area contributed by atoms with Crippen molar-refractivity contribution < 1.29 is 0 Å². The molecule has 2 aromatic rings. The summed E-state index contributed by atoms with van der Waals surface area (Å²) >= 11 is 0. The van der Waals surface area contributed by atoms with Gasteiger partial charge >= 0.3 is 0 Å². The Bertz CT molecular complexity index is 594. The van der Waals surface area contributed by atoms with Crippen LogP contribution in [-0.4, -0.2) is 11.5 Å². The second kappa shape index (κ2) is 4.80. The molecule has 2 heterocycles. The van der Waals surface area contributed by atoms with Crippen molar-refractivity contribution in [2.45, 2.75) is 19.4 Å². The fraction of sp³-hybridized carbons (Fsp3) is 0.267. The third-order valence-corrected chi connectivity index (χ3v) is 3.62. The van der Waals surface area contributed by atoms with Crippen molar-refractivity contribution >= 4 is 17.3 Å². The van der Waals surface area contributed by atoms with Gasteiger partial charge in [-0.2, -0.15) is 0 Å². The molecule has 4 nitrogen and oxygen atoms in total. The van der Waals surface area contributed by atoms with Crippen molar-refractivity contribution in [2.75, 3.05) is 22.9 Å². The molecule has 4 heteroatoms.